The van der Waals surface area contributed by atoms with Crippen molar-refractivity contribution in [2.75, 3.05) is 0 Å². The second-order valence-corrected chi connectivity index (χ2v) is 5.61. The van der Waals surface area contributed by atoms with Crippen LogP contribution < -0.4 is 5.56 Å². The number of nitrogens with one attached hydrogen (secondary N) is 1. The summed E-state index contributed by atoms with van der Waals surface area (Å²) < 4.78 is 1.76. The summed E-state index contributed by atoms with van der Waals surface area (Å²) in [5.74, 6) is 0. The zero-order valence-electron chi connectivity index (χ0n) is 13.2. The van der Waals surface area contributed by atoms with Crippen LogP contribution in [0, 0.1) is 32.1 Å². The van der Waals surface area contributed by atoms with Gasteiger partial charge in [-0.3, -0.25) is 4.79 Å². The van der Waals surface area contributed by atoms with Crippen LogP contribution in [0.5, 0.6) is 0 Å². The van der Waals surface area contributed by atoms with Gasteiger partial charge >= 0.3 is 0 Å². The van der Waals surface area contributed by atoms with Crippen molar-refractivity contribution in [3.05, 3.63) is 69.4 Å². The predicted octanol–water partition coefficient (Wildman–Crippen LogP) is 3.02. The van der Waals surface area contributed by atoms with E-state index in [1.54, 1.807) is 10.9 Å². The van der Waals surface area contributed by atoms with E-state index in [9.17, 15) is 10.1 Å². The molecule has 0 aliphatic carbocycles. The number of hydrogen-bond acceptors (Lipinski definition) is 3. The summed E-state index contributed by atoms with van der Waals surface area (Å²) >= 11 is 0. The summed E-state index contributed by atoms with van der Waals surface area (Å²) in [6.07, 6.45) is 3.56. The molecule has 0 saturated heterocycles. The Morgan fingerprint density at radius 2 is 2.00 bits per heavy atom. The molecule has 5 nitrogen and oxygen atoms in total. The highest BCUT2D eigenvalue weighted by atomic mass is 16.1. The summed E-state index contributed by atoms with van der Waals surface area (Å²) in [6, 6.07) is 9.76. The second kappa shape index (κ2) is 5.58. The van der Waals surface area contributed by atoms with E-state index in [1.807, 2.05) is 57.3 Å². The molecule has 2 aromatic heterocycles. The number of aryl methyl sites for hydroxylation is 3. The van der Waals surface area contributed by atoms with Crippen molar-refractivity contribution < 1.29 is 0 Å². The maximum Gasteiger partial charge on any atom is 0.266 e. The highest BCUT2D eigenvalue weighted by molar-refractivity contribution is 5.80. The van der Waals surface area contributed by atoms with Gasteiger partial charge in [0.2, 0.25) is 0 Å². The van der Waals surface area contributed by atoms with Crippen LogP contribution >= 0.6 is 0 Å². The van der Waals surface area contributed by atoms with E-state index in [0.29, 0.717) is 5.56 Å². The van der Waals surface area contributed by atoms with Gasteiger partial charge in [0.25, 0.3) is 5.56 Å². The van der Waals surface area contributed by atoms with Crippen molar-refractivity contribution >= 4 is 0 Å². The van der Waals surface area contributed by atoms with Gasteiger partial charge in [0.05, 0.1) is 5.69 Å². The van der Waals surface area contributed by atoms with E-state index in [2.05, 4.69) is 10.1 Å². The molecular formula is C18H16N4O. The van der Waals surface area contributed by atoms with Gasteiger partial charge in [-0.2, -0.15) is 10.4 Å². The van der Waals surface area contributed by atoms with Crippen LogP contribution in [0.2, 0.25) is 0 Å². The number of H-pyrrole nitrogens is 1. The van der Waals surface area contributed by atoms with Crippen molar-refractivity contribution in [3.8, 4) is 22.9 Å². The fourth-order valence-electron chi connectivity index (χ4n) is 2.88. The molecule has 0 aliphatic heterocycles. The lowest BCUT2D eigenvalue weighted by atomic mass is 9.93. The Hall–Kier alpha value is -3.13. The maximum absolute atomic E-state index is 12.1. The van der Waals surface area contributed by atoms with Crippen LogP contribution in [-0.2, 0) is 0 Å². The average Bonchev–Trinajstić information content (AvgIpc) is 2.99. The summed E-state index contributed by atoms with van der Waals surface area (Å²) in [4.78, 5) is 14.8. The zero-order chi connectivity index (χ0) is 16.6. The average molecular weight is 304 g/mol. The summed E-state index contributed by atoms with van der Waals surface area (Å²) in [5.41, 5.74) is 4.91. The van der Waals surface area contributed by atoms with E-state index < -0.39 is 0 Å². The minimum atomic E-state index is -0.367. The van der Waals surface area contributed by atoms with Gasteiger partial charge in [-0.25, -0.2) is 4.68 Å². The summed E-state index contributed by atoms with van der Waals surface area (Å²) in [7, 11) is 0. The van der Waals surface area contributed by atoms with Crippen LogP contribution in [0.3, 0.4) is 0 Å². The largest absolute Gasteiger partial charge is 0.325 e. The van der Waals surface area contributed by atoms with Crippen LogP contribution in [0.1, 0.15) is 22.4 Å². The quantitative estimate of drug-likeness (QED) is 0.790. The van der Waals surface area contributed by atoms with Crippen molar-refractivity contribution in [1.29, 1.82) is 5.26 Å². The van der Waals surface area contributed by atoms with Gasteiger partial charge < -0.3 is 4.98 Å². The topological polar surface area (TPSA) is 74.5 Å². The third kappa shape index (κ3) is 2.55. The highest BCUT2D eigenvalue weighted by Gasteiger charge is 2.17. The second-order valence-electron chi connectivity index (χ2n) is 5.61. The fraction of sp³-hybridized carbons (Fsp3) is 0.167. The predicted molar refractivity (Wildman–Crippen MR) is 88.5 cm³/mol. The Morgan fingerprint density at radius 1 is 1.22 bits per heavy atom. The number of nitrogens with zero attached hydrogens (tertiary/aromatic N) is 3. The molecule has 0 radical (unpaired) electrons. The Kier molecular flexibility index (Phi) is 3.59. The van der Waals surface area contributed by atoms with Gasteiger partial charge in [0.15, 0.2) is 0 Å². The Bertz CT molecular complexity index is 975. The molecule has 3 aromatic rings. The van der Waals surface area contributed by atoms with Gasteiger partial charge in [0.1, 0.15) is 11.6 Å². The first kappa shape index (κ1) is 14.8. The van der Waals surface area contributed by atoms with E-state index in [4.69, 9.17) is 0 Å². The van der Waals surface area contributed by atoms with E-state index in [0.717, 1.165) is 28.1 Å². The van der Waals surface area contributed by atoms with Crippen molar-refractivity contribution in [2.24, 2.45) is 0 Å². The van der Waals surface area contributed by atoms with Crippen LogP contribution in [0.25, 0.3) is 16.8 Å². The minimum Gasteiger partial charge on any atom is -0.325 e. The van der Waals surface area contributed by atoms with Gasteiger partial charge in [-0.05, 0) is 50.1 Å². The molecule has 114 valence electrons. The van der Waals surface area contributed by atoms with E-state index in [-0.39, 0.29) is 11.1 Å². The normalized spacial score (nSPS) is 10.5. The molecule has 0 spiro atoms. The Morgan fingerprint density at radius 3 is 2.65 bits per heavy atom. The molecule has 0 unspecified atom stereocenters. The molecule has 1 N–H and O–H groups in total. The molecule has 0 amide bonds. The molecular weight excluding hydrogens is 288 g/mol. The van der Waals surface area contributed by atoms with Crippen molar-refractivity contribution in [1.82, 2.24) is 14.8 Å². The smallest absolute Gasteiger partial charge is 0.266 e. The lowest BCUT2D eigenvalue weighted by Gasteiger charge is -2.16. The Balaban J connectivity index is 2.43. The third-order valence-electron chi connectivity index (χ3n) is 3.76. The number of nitriles is 1. The van der Waals surface area contributed by atoms with Crippen molar-refractivity contribution in [3.63, 3.8) is 0 Å². The molecule has 2 heterocycles. The maximum atomic E-state index is 12.1. The van der Waals surface area contributed by atoms with Gasteiger partial charge in [-0.15, -0.1) is 0 Å². The van der Waals surface area contributed by atoms with Crippen LogP contribution in [0.15, 0.2) is 41.5 Å². The first-order valence-corrected chi connectivity index (χ1v) is 7.27. The lowest BCUT2D eigenvalue weighted by molar-refractivity contribution is 0.879. The van der Waals surface area contributed by atoms with Crippen molar-refractivity contribution in [2.45, 2.75) is 20.8 Å². The standard InChI is InChI=1S/C18H16N4O/c1-11-7-12(2)17(16(8-11)22-6-4-5-20-22)14-9-13(3)21-18(23)15(14)10-19/h4-9H,1-3H3,(H,21,23). The number of benzene rings is 1. The number of aromatic amines is 1. The number of aromatic nitrogens is 3. The molecule has 0 bridgehead atoms. The minimum absolute atomic E-state index is 0.121. The third-order valence-corrected chi connectivity index (χ3v) is 3.76. The first-order chi connectivity index (χ1) is 11.0. The number of hydrogen-bond donors (Lipinski definition) is 1. The fourth-order valence-corrected chi connectivity index (χ4v) is 2.88. The lowest BCUT2D eigenvalue weighted by Crippen LogP contribution is -2.14. The molecule has 0 aliphatic rings. The number of pyridine rings is 1. The molecule has 3 rings (SSSR count). The molecule has 1 aromatic carbocycles. The molecule has 0 saturated carbocycles. The Labute approximate surface area is 133 Å². The number of rotatable bonds is 2. The first-order valence-electron chi connectivity index (χ1n) is 7.27. The summed E-state index contributed by atoms with van der Waals surface area (Å²) in [6.45, 7) is 5.80. The molecule has 0 fully saturated rings. The highest BCUT2D eigenvalue weighted by Crippen LogP contribution is 2.32. The molecule has 23 heavy (non-hydrogen) atoms. The van der Waals surface area contributed by atoms with Crippen LogP contribution in [-0.4, -0.2) is 14.8 Å². The molecule has 0 atom stereocenters. The summed E-state index contributed by atoms with van der Waals surface area (Å²) in [5, 5.41) is 13.7. The zero-order valence-corrected chi connectivity index (χ0v) is 13.2. The molecule has 5 heteroatoms. The van der Waals surface area contributed by atoms with E-state index >= 15 is 0 Å². The SMILES string of the molecule is Cc1cc(C)c(-c2cc(C)[nH]c(=O)c2C#N)c(-n2cccn2)c1. The monoisotopic (exact) mass is 304 g/mol. The van der Waals surface area contributed by atoms with Crippen LogP contribution in [0.4, 0.5) is 0 Å². The van der Waals surface area contributed by atoms with Gasteiger partial charge in [0, 0.05) is 29.2 Å². The van der Waals surface area contributed by atoms with Gasteiger partial charge in [-0.1, -0.05) is 6.07 Å². The van der Waals surface area contributed by atoms with E-state index in [1.165, 1.54) is 0 Å².